The van der Waals surface area contributed by atoms with E-state index in [-0.39, 0.29) is 0 Å². The van der Waals surface area contributed by atoms with E-state index in [0.717, 1.165) is 45.9 Å². The van der Waals surface area contributed by atoms with Crippen molar-refractivity contribution in [2.45, 2.75) is 26.5 Å². The minimum absolute atomic E-state index is 0.466. The molecular formula is C18H21BrClNO2. The molecule has 0 aliphatic heterocycles. The summed E-state index contributed by atoms with van der Waals surface area (Å²) >= 11 is 9.50. The summed E-state index contributed by atoms with van der Waals surface area (Å²) in [5.41, 5.74) is 2.20. The van der Waals surface area contributed by atoms with Crippen molar-refractivity contribution in [1.82, 2.24) is 5.32 Å². The summed E-state index contributed by atoms with van der Waals surface area (Å²) in [7, 11) is 1.65. The van der Waals surface area contributed by atoms with Gasteiger partial charge in [-0.15, -0.1) is 0 Å². The molecule has 0 atom stereocenters. The van der Waals surface area contributed by atoms with Crippen molar-refractivity contribution in [2.75, 3.05) is 13.7 Å². The van der Waals surface area contributed by atoms with Gasteiger partial charge in [0.2, 0.25) is 0 Å². The molecule has 0 aliphatic carbocycles. The fraction of sp³-hybridized carbons (Fsp3) is 0.333. The first kappa shape index (κ1) is 18.1. The predicted molar refractivity (Wildman–Crippen MR) is 98.5 cm³/mol. The highest BCUT2D eigenvalue weighted by Crippen LogP contribution is 2.34. The van der Waals surface area contributed by atoms with Gasteiger partial charge in [0.05, 0.1) is 7.11 Å². The van der Waals surface area contributed by atoms with E-state index in [9.17, 15) is 0 Å². The van der Waals surface area contributed by atoms with Gasteiger partial charge in [0.1, 0.15) is 6.61 Å². The van der Waals surface area contributed by atoms with Crippen LogP contribution in [0, 0.1) is 0 Å². The SMILES string of the molecule is CCCNCc1cc(OC)c(OCc2ccc(Cl)cc2)cc1Br. The van der Waals surface area contributed by atoms with E-state index in [2.05, 4.69) is 28.2 Å². The van der Waals surface area contributed by atoms with Gasteiger partial charge in [0.25, 0.3) is 0 Å². The van der Waals surface area contributed by atoms with Crippen molar-refractivity contribution in [1.29, 1.82) is 0 Å². The Morgan fingerprint density at radius 1 is 1.13 bits per heavy atom. The van der Waals surface area contributed by atoms with Gasteiger partial charge in [-0.1, -0.05) is 46.6 Å². The van der Waals surface area contributed by atoms with Crippen LogP contribution in [0.25, 0.3) is 0 Å². The van der Waals surface area contributed by atoms with Crippen LogP contribution in [0.3, 0.4) is 0 Å². The maximum Gasteiger partial charge on any atom is 0.162 e. The Labute approximate surface area is 151 Å². The van der Waals surface area contributed by atoms with Crippen molar-refractivity contribution in [2.24, 2.45) is 0 Å². The molecule has 2 aromatic rings. The van der Waals surface area contributed by atoms with Crippen LogP contribution in [-0.4, -0.2) is 13.7 Å². The summed E-state index contributed by atoms with van der Waals surface area (Å²) in [6.07, 6.45) is 1.11. The van der Waals surface area contributed by atoms with Crippen LogP contribution in [0.4, 0.5) is 0 Å². The van der Waals surface area contributed by atoms with Gasteiger partial charge in [-0.2, -0.15) is 0 Å². The van der Waals surface area contributed by atoms with Gasteiger partial charge in [0, 0.05) is 16.0 Å². The first-order valence-corrected chi connectivity index (χ1v) is 8.75. The maximum atomic E-state index is 5.90. The Hall–Kier alpha value is -1.23. The molecule has 0 aliphatic rings. The van der Waals surface area contributed by atoms with Crippen LogP contribution in [0.2, 0.25) is 5.02 Å². The Balaban J connectivity index is 2.08. The number of methoxy groups -OCH3 is 1. The summed E-state index contributed by atoms with van der Waals surface area (Å²) in [5.74, 6) is 1.45. The Morgan fingerprint density at radius 2 is 1.87 bits per heavy atom. The van der Waals surface area contributed by atoms with Crippen LogP contribution < -0.4 is 14.8 Å². The molecule has 3 nitrogen and oxygen atoms in total. The molecule has 124 valence electrons. The van der Waals surface area contributed by atoms with Crippen molar-refractivity contribution in [3.8, 4) is 11.5 Å². The van der Waals surface area contributed by atoms with Crippen molar-refractivity contribution < 1.29 is 9.47 Å². The zero-order valence-corrected chi connectivity index (χ0v) is 15.7. The fourth-order valence-electron chi connectivity index (χ4n) is 2.13. The van der Waals surface area contributed by atoms with E-state index in [4.69, 9.17) is 21.1 Å². The van der Waals surface area contributed by atoms with Gasteiger partial charge in [0.15, 0.2) is 11.5 Å². The summed E-state index contributed by atoms with van der Waals surface area (Å²) < 4.78 is 12.4. The van der Waals surface area contributed by atoms with E-state index >= 15 is 0 Å². The minimum atomic E-state index is 0.466. The molecular weight excluding hydrogens is 378 g/mol. The van der Waals surface area contributed by atoms with Gasteiger partial charge in [-0.05, 0) is 48.4 Å². The molecule has 2 aromatic carbocycles. The fourth-order valence-corrected chi connectivity index (χ4v) is 2.72. The molecule has 0 aromatic heterocycles. The van der Waals surface area contributed by atoms with E-state index in [1.165, 1.54) is 0 Å². The maximum absolute atomic E-state index is 5.90. The lowest BCUT2D eigenvalue weighted by Gasteiger charge is -2.14. The number of hydrogen-bond donors (Lipinski definition) is 1. The number of benzene rings is 2. The zero-order valence-electron chi connectivity index (χ0n) is 13.4. The second kappa shape index (κ2) is 9.16. The van der Waals surface area contributed by atoms with Crippen molar-refractivity contribution in [3.05, 3.63) is 57.0 Å². The van der Waals surface area contributed by atoms with Crippen LogP contribution in [-0.2, 0) is 13.2 Å². The topological polar surface area (TPSA) is 30.5 Å². The lowest BCUT2D eigenvalue weighted by Crippen LogP contribution is -2.14. The minimum Gasteiger partial charge on any atom is -0.493 e. The first-order valence-electron chi connectivity index (χ1n) is 7.58. The average molecular weight is 399 g/mol. The smallest absolute Gasteiger partial charge is 0.162 e. The van der Waals surface area contributed by atoms with E-state index in [1.807, 2.05) is 36.4 Å². The summed E-state index contributed by atoms with van der Waals surface area (Å²) in [5, 5.41) is 4.11. The highest BCUT2D eigenvalue weighted by Gasteiger charge is 2.10. The van der Waals surface area contributed by atoms with Crippen LogP contribution >= 0.6 is 27.5 Å². The normalized spacial score (nSPS) is 10.6. The lowest BCUT2D eigenvalue weighted by molar-refractivity contribution is 0.284. The second-order valence-corrected chi connectivity index (χ2v) is 6.48. The molecule has 0 unspecified atom stereocenters. The zero-order chi connectivity index (χ0) is 16.7. The summed E-state index contributed by atoms with van der Waals surface area (Å²) in [6.45, 7) is 4.40. The van der Waals surface area contributed by atoms with E-state index in [1.54, 1.807) is 7.11 Å². The molecule has 23 heavy (non-hydrogen) atoms. The summed E-state index contributed by atoms with van der Waals surface area (Å²) in [6, 6.07) is 11.6. The summed E-state index contributed by atoms with van der Waals surface area (Å²) in [4.78, 5) is 0. The predicted octanol–water partition coefficient (Wildman–Crippen LogP) is 5.19. The molecule has 0 heterocycles. The first-order chi connectivity index (χ1) is 11.1. The molecule has 0 saturated heterocycles. The molecule has 0 bridgehead atoms. The number of ether oxygens (including phenoxy) is 2. The number of rotatable bonds is 8. The lowest BCUT2D eigenvalue weighted by atomic mass is 10.2. The molecule has 0 radical (unpaired) electrons. The number of hydrogen-bond acceptors (Lipinski definition) is 3. The quantitative estimate of drug-likeness (QED) is 0.621. The average Bonchev–Trinajstić information content (AvgIpc) is 2.56. The highest BCUT2D eigenvalue weighted by molar-refractivity contribution is 9.10. The molecule has 0 saturated carbocycles. The third-order valence-electron chi connectivity index (χ3n) is 3.38. The van der Waals surface area contributed by atoms with Gasteiger partial charge < -0.3 is 14.8 Å². The van der Waals surface area contributed by atoms with Crippen molar-refractivity contribution in [3.63, 3.8) is 0 Å². The molecule has 1 N–H and O–H groups in total. The van der Waals surface area contributed by atoms with Crippen LogP contribution in [0.1, 0.15) is 24.5 Å². The Morgan fingerprint density at radius 3 is 2.52 bits per heavy atom. The van der Waals surface area contributed by atoms with Crippen molar-refractivity contribution >= 4 is 27.5 Å². The molecule has 0 amide bonds. The number of halogens is 2. The Kier molecular flexibility index (Phi) is 7.21. The van der Waals surface area contributed by atoms with Crippen LogP contribution in [0.15, 0.2) is 40.9 Å². The molecule has 0 fully saturated rings. The number of nitrogens with one attached hydrogen (secondary N) is 1. The molecule has 2 rings (SSSR count). The molecule has 0 spiro atoms. The largest absolute Gasteiger partial charge is 0.493 e. The monoisotopic (exact) mass is 397 g/mol. The van der Waals surface area contributed by atoms with Gasteiger partial charge in [-0.25, -0.2) is 0 Å². The Bertz CT molecular complexity index is 632. The van der Waals surface area contributed by atoms with E-state index < -0.39 is 0 Å². The third-order valence-corrected chi connectivity index (χ3v) is 4.37. The highest BCUT2D eigenvalue weighted by atomic mass is 79.9. The van der Waals surface area contributed by atoms with Gasteiger partial charge >= 0.3 is 0 Å². The van der Waals surface area contributed by atoms with Gasteiger partial charge in [-0.3, -0.25) is 0 Å². The third kappa shape index (κ3) is 5.41. The van der Waals surface area contributed by atoms with Crippen LogP contribution in [0.5, 0.6) is 11.5 Å². The molecule has 5 heteroatoms. The standard InChI is InChI=1S/C18H21BrClNO2/c1-3-8-21-11-14-9-17(22-2)18(10-16(14)19)23-12-13-4-6-15(20)7-5-13/h4-7,9-10,21H,3,8,11-12H2,1-2H3. The second-order valence-electron chi connectivity index (χ2n) is 5.19. The van der Waals surface area contributed by atoms with E-state index in [0.29, 0.717) is 12.4 Å².